The largest absolute Gasteiger partial charge is 0.309 e. The molecule has 7 rings (SSSR count). The first-order valence-electron chi connectivity index (χ1n) is 12.0. The number of benzene rings is 6. The minimum absolute atomic E-state index is 1.18. The molecular formula is C34H23N. The Morgan fingerprint density at radius 3 is 1.83 bits per heavy atom. The summed E-state index contributed by atoms with van der Waals surface area (Å²) in [6.45, 7) is 0. The summed E-state index contributed by atoms with van der Waals surface area (Å²) in [5.74, 6) is 0. The number of hydrogen-bond donors (Lipinski definition) is 0. The number of nitrogens with zero attached hydrogens (tertiary/aromatic N) is 1. The fraction of sp³-hybridized carbons (Fsp3) is 0. The molecule has 164 valence electrons. The highest BCUT2D eigenvalue weighted by Crippen LogP contribution is 2.36. The zero-order valence-electron chi connectivity index (χ0n) is 19.2. The van der Waals surface area contributed by atoms with Gasteiger partial charge in [-0.1, -0.05) is 97.1 Å². The molecule has 0 unspecified atom stereocenters. The molecule has 0 radical (unpaired) electrons. The van der Waals surface area contributed by atoms with Gasteiger partial charge >= 0.3 is 0 Å². The topological polar surface area (TPSA) is 4.93 Å². The van der Waals surface area contributed by atoms with Gasteiger partial charge < -0.3 is 4.57 Å². The molecule has 7 aromatic rings. The van der Waals surface area contributed by atoms with E-state index in [1.54, 1.807) is 0 Å². The normalized spacial score (nSPS) is 11.4. The summed E-state index contributed by atoms with van der Waals surface area (Å²) in [5, 5.41) is 5.09. The van der Waals surface area contributed by atoms with Gasteiger partial charge in [-0.05, 0) is 75.5 Å². The molecule has 0 N–H and O–H groups in total. The van der Waals surface area contributed by atoms with E-state index in [0.717, 1.165) is 0 Å². The first kappa shape index (κ1) is 19.8. The summed E-state index contributed by atoms with van der Waals surface area (Å²) in [4.78, 5) is 0. The van der Waals surface area contributed by atoms with Gasteiger partial charge in [0.2, 0.25) is 0 Å². The molecule has 1 heteroatoms. The number of para-hydroxylation sites is 2. The Kier molecular flexibility index (Phi) is 4.53. The van der Waals surface area contributed by atoms with Crippen molar-refractivity contribution < 1.29 is 0 Å². The van der Waals surface area contributed by atoms with Crippen molar-refractivity contribution in [3.63, 3.8) is 0 Å². The predicted molar refractivity (Wildman–Crippen MR) is 149 cm³/mol. The van der Waals surface area contributed by atoms with Crippen LogP contribution in [0.1, 0.15) is 0 Å². The van der Waals surface area contributed by atoms with E-state index < -0.39 is 0 Å². The molecule has 35 heavy (non-hydrogen) atoms. The summed E-state index contributed by atoms with van der Waals surface area (Å²) in [5.41, 5.74) is 8.59. The molecule has 6 aromatic carbocycles. The van der Waals surface area contributed by atoms with Crippen LogP contribution in [-0.4, -0.2) is 4.57 Å². The van der Waals surface area contributed by atoms with Gasteiger partial charge in [-0.25, -0.2) is 0 Å². The van der Waals surface area contributed by atoms with Crippen LogP contribution in [0.25, 0.3) is 60.5 Å². The van der Waals surface area contributed by atoms with E-state index in [-0.39, 0.29) is 0 Å². The van der Waals surface area contributed by atoms with E-state index in [0.29, 0.717) is 0 Å². The molecule has 1 nitrogen and oxygen atoms in total. The zero-order valence-corrected chi connectivity index (χ0v) is 19.2. The first-order valence-corrected chi connectivity index (χ1v) is 12.0. The minimum Gasteiger partial charge on any atom is -0.309 e. The van der Waals surface area contributed by atoms with Crippen LogP contribution in [0.4, 0.5) is 0 Å². The van der Waals surface area contributed by atoms with E-state index >= 15 is 0 Å². The van der Waals surface area contributed by atoms with Crippen molar-refractivity contribution in [2.75, 3.05) is 0 Å². The Hall–Kier alpha value is -4.62. The van der Waals surface area contributed by atoms with Gasteiger partial charge in [-0.15, -0.1) is 0 Å². The lowest BCUT2D eigenvalue weighted by Gasteiger charge is -2.09. The van der Waals surface area contributed by atoms with Crippen molar-refractivity contribution in [2.45, 2.75) is 0 Å². The molecule has 0 saturated carbocycles. The van der Waals surface area contributed by atoms with Gasteiger partial charge in [0.1, 0.15) is 0 Å². The second-order valence-corrected chi connectivity index (χ2v) is 9.06. The average molecular weight is 446 g/mol. The van der Waals surface area contributed by atoms with E-state index in [1.165, 1.54) is 60.5 Å². The number of rotatable bonds is 3. The monoisotopic (exact) mass is 445 g/mol. The van der Waals surface area contributed by atoms with Gasteiger partial charge in [0.25, 0.3) is 0 Å². The van der Waals surface area contributed by atoms with Crippen LogP contribution in [0.15, 0.2) is 140 Å². The third-order valence-electron chi connectivity index (χ3n) is 6.97. The molecule has 0 aliphatic heterocycles. The molecule has 1 aromatic heterocycles. The third kappa shape index (κ3) is 3.33. The number of aromatic nitrogens is 1. The van der Waals surface area contributed by atoms with Gasteiger partial charge in [-0.2, -0.15) is 0 Å². The Morgan fingerprint density at radius 2 is 0.971 bits per heavy atom. The van der Waals surface area contributed by atoms with E-state index in [9.17, 15) is 0 Å². The predicted octanol–water partition coefficient (Wildman–Crippen LogP) is 9.27. The smallest absolute Gasteiger partial charge is 0.0541 e. The quantitative estimate of drug-likeness (QED) is 0.255. The molecule has 0 spiro atoms. The molecular weight excluding hydrogens is 422 g/mol. The highest BCUT2D eigenvalue weighted by Gasteiger charge is 2.13. The maximum atomic E-state index is 2.36. The van der Waals surface area contributed by atoms with Gasteiger partial charge in [0.05, 0.1) is 11.0 Å². The Labute approximate surface area is 204 Å². The van der Waals surface area contributed by atoms with Crippen molar-refractivity contribution in [3.8, 4) is 27.9 Å². The second kappa shape index (κ2) is 8.00. The summed E-state index contributed by atoms with van der Waals surface area (Å²) >= 11 is 0. The Bertz CT molecular complexity index is 1840. The van der Waals surface area contributed by atoms with Crippen LogP contribution < -0.4 is 0 Å². The molecule has 0 aliphatic carbocycles. The number of fused-ring (bicyclic) bond motifs is 4. The third-order valence-corrected chi connectivity index (χ3v) is 6.97. The van der Waals surface area contributed by atoms with Gasteiger partial charge in [0.15, 0.2) is 0 Å². The van der Waals surface area contributed by atoms with Crippen LogP contribution in [0.3, 0.4) is 0 Å². The molecule has 0 amide bonds. The lowest BCUT2D eigenvalue weighted by Crippen LogP contribution is -1.92. The van der Waals surface area contributed by atoms with E-state index in [1.807, 2.05) is 0 Å². The summed E-state index contributed by atoms with van der Waals surface area (Å²) in [6, 6.07) is 50.3. The van der Waals surface area contributed by atoms with Crippen LogP contribution in [0, 0.1) is 0 Å². The van der Waals surface area contributed by atoms with Gasteiger partial charge in [-0.3, -0.25) is 0 Å². The molecule has 0 fully saturated rings. The molecule has 0 aliphatic rings. The van der Waals surface area contributed by atoms with Crippen LogP contribution in [-0.2, 0) is 0 Å². The molecule has 1 heterocycles. The average Bonchev–Trinajstić information content (AvgIpc) is 3.27. The van der Waals surface area contributed by atoms with Crippen molar-refractivity contribution in [3.05, 3.63) is 140 Å². The summed E-state index contributed by atoms with van der Waals surface area (Å²) in [7, 11) is 0. The molecule has 0 bridgehead atoms. The summed E-state index contributed by atoms with van der Waals surface area (Å²) < 4.78 is 2.36. The maximum absolute atomic E-state index is 2.36. The SMILES string of the molecule is c1ccc(-n2c3ccccc3c3cc(-c4cccc(-c5ccc6ccccc6c5)c4)ccc32)cc1. The standard InChI is InChI=1S/C34H23N/c1-2-13-30(14-3-1)35-33-16-7-6-15-31(33)32-23-29(19-20-34(32)35)27-12-8-11-26(22-27)28-18-17-24-9-4-5-10-25(24)21-28/h1-23H. The zero-order chi connectivity index (χ0) is 23.2. The highest BCUT2D eigenvalue weighted by molar-refractivity contribution is 6.10. The Balaban J connectivity index is 1.38. The molecule has 0 saturated heterocycles. The van der Waals surface area contributed by atoms with E-state index in [2.05, 4.69) is 144 Å². The van der Waals surface area contributed by atoms with Crippen molar-refractivity contribution in [1.29, 1.82) is 0 Å². The van der Waals surface area contributed by atoms with E-state index in [4.69, 9.17) is 0 Å². The molecule has 0 atom stereocenters. The Morgan fingerprint density at radius 1 is 0.343 bits per heavy atom. The second-order valence-electron chi connectivity index (χ2n) is 9.06. The van der Waals surface area contributed by atoms with Gasteiger partial charge in [0, 0.05) is 16.5 Å². The lowest BCUT2D eigenvalue weighted by molar-refractivity contribution is 1.18. The minimum atomic E-state index is 1.18. The van der Waals surface area contributed by atoms with Crippen molar-refractivity contribution in [2.24, 2.45) is 0 Å². The van der Waals surface area contributed by atoms with Crippen molar-refractivity contribution in [1.82, 2.24) is 4.57 Å². The van der Waals surface area contributed by atoms with Crippen LogP contribution in [0.5, 0.6) is 0 Å². The first-order chi connectivity index (χ1) is 17.3. The van der Waals surface area contributed by atoms with Crippen LogP contribution >= 0.6 is 0 Å². The maximum Gasteiger partial charge on any atom is 0.0541 e. The number of hydrogen-bond acceptors (Lipinski definition) is 0. The fourth-order valence-corrected chi connectivity index (χ4v) is 5.25. The summed E-state index contributed by atoms with van der Waals surface area (Å²) in [6.07, 6.45) is 0. The lowest BCUT2D eigenvalue weighted by atomic mass is 9.96. The fourth-order valence-electron chi connectivity index (χ4n) is 5.25. The van der Waals surface area contributed by atoms with Crippen molar-refractivity contribution >= 4 is 32.6 Å². The van der Waals surface area contributed by atoms with Crippen LogP contribution in [0.2, 0.25) is 0 Å². The highest BCUT2D eigenvalue weighted by atomic mass is 15.0.